The van der Waals surface area contributed by atoms with E-state index in [0.29, 0.717) is 13.0 Å². The van der Waals surface area contributed by atoms with Gasteiger partial charge in [0.15, 0.2) is 0 Å². The smallest absolute Gasteiger partial charge is 0.288 e. The van der Waals surface area contributed by atoms with Gasteiger partial charge >= 0.3 is 0 Å². The topological polar surface area (TPSA) is 83.8 Å². The highest BCUT2D eigenvalue weighted by atomic mass is 35.5. The fraction of sp³-hybridized carbons (Fsp3) is 0.308. The van der Waals surface area contributed by atoms with Gasteiger partial charge in [-0.15, -0.1) is 11.3 Å². The van der Waals surface area contributed by atoms with Crippen molar-refractivity contribution in [3.8, 4) is 0 Å². The molecule has 2 amide bonds. The second-order valence-electron chi connectivity index (χ2n) is 8.52. The molecule has 1 heterocycles. The number of amides is 2. The average Bonchev–Trinajstić information content (AvgIpc) is 3.26. The summed E-state index contributed by atoms with van der Waals surface area (Å²) in [5.41, 5.74) is 1.52. The van der Waals surface area contributed by atoms with Crippen LogP contribution in [0.5, 0.6) is 0 Å². The first-order chi connectivity index (χ1) is 17.1. The molecule has 3 aromatic rings. The highest BCUT2D eigenvalue weighted by Gasteiger charge is 2.28. The van der Waals surface area contributed by atoms with E-state index in [4.69, 9.17) is 11.6 Å². The van der Waals surface area contributed by atoms with E-state index in [2.05, 4.69) is 0 Å². The molecule has 0 saturated carbocycles. The van der Waals surface area contributed by atoms with Crippen molar-refractivity contribution in [3.05, 3.63) is 96.4 Å². The fourth-order valence-corrected chi connectivity index (χ4v) is 4.73. The van der Waals surface area contributed by atoms with Crippen LogP contribution in [0.4, 0.5) is 10.1 Å². The lowest BCUT2D eigenvalue weighted by Crippen LogP contribution is -2.46. The number of nitrogens with zero attached hydrogens (tertiary/aromatic N) is 3. The molecule has 190 valence electrons. The van der Waals surface area contributed by atoms with Crippen molar-refractivity contribution in [1.29, 1.82) is 0 Å². The number of nitro benzene ring substituents is 1. The summed E-state index contributed by atoms with van der Waals surface area (Å²) in [6.07, 6.45) is 0.580. The molecule has 0 spiro atoms. The predicted molar refractivity (Wildman–Crippen MR) is 139 cm³/mol. The maximum Gasteiger partial charge on any atom is 0.288 e. The number of rotatable bonds is 10. The molecular formula is C26H27ClFN3O4S. The molecule has 1 aromatic heterocycles. The van der Waals surface area contributed by atoms with Gasteiger partial charge in [0, 0.05) is 29.1 Å². The summed E-state index contributed by atoms with van der Waals surface area (Å²) in [5.74, 6) is -1.15. The van der Waals surface area contributed by atoms with Crippen LogP contribution in [0, 0.1) is 22.9 Å². The first-order valence-electron chi connectivity index (χ1n) is 11.4. The molecule has 7 nitrogen and oxygen atoms in total. The predicted octanol–water partition coefficient (Wildman–Crippen LogP) is 6.23. The zero-order valence-electron chi connectivity index (χ0n) is 20.2. The van der Waals surface area contributed by atoms with Crippen LogP contribution in [-0.4, -0.2) is 39.1 Å². The van der Waals surface area contributed by atoms with Gasteiger partial charge in [-0.1, -0.05) is 30.7 Å². The van der Waals surface area contributed by atoms with E-state index < -0.39 is 10.8 Å². The van der Waals surface area contributed by atoms with Crippen LogP contribution in [0.3, 0.4) is 0 Å². The standard InChI is InChI=1S/C26H27ClFN3O4S/c1-4-18(3)30(26(33)20-7-10-22(27)23(13-20)31(34)35)16-25(32)29(15-24-17(2)11-12-36-24)14-19-5-8-21(28)9-6-19/h5-13,18H,4,14-16H2,1-3H3. The van der Waals surface area contributed by atoms with Gasteiger partial charge in [0.25, 0.3) is 11.6 Å². The van der Waals surface area contributed by atoms with E-state index in [1.165, 1.54) is 40.5 Å². The SMILES string of the molecule is CCC(C)N(CC(=O)N(Cc1ccc(F)cc1)Cc1sccc1C)C(=O)c1ccc(Cl)c([N+](=O)[O-])c1. The Kier molecular flexibility index (Phi) is 9.17. The number of hydrogen-bond donors (Lipinski definition) is 0. The van der Waals surface area contributed by atoms with E-state index in [1.54, 1.807) is 17.0 Å². The third-order valence-electron chi connectivity index (χ3n) is 6.02. The molecule has 0 aliphatic rings. The minimum absolute atomic E-state index is 0.0699. The van der Waals surface area contributed by atoms with Crippen molar-refractivity contribution in [1.82, 2.24) is 9.80 Å². The summed E-state index contributed by atoms with van der Waals surface area (Å²) in [5, 5.41) is 13.2. The molecule has 0 aliphatic carbocycles. The Morgan fingerprint density at radius 3 is 2.42 bits per heavy atom. The van der Waals surface area contributed by atoms with Gasteiger partial charge < -0.3 is 9.80 Å². The maximum absolute atomic E-state index is 13.6. The van der Waals surface area contributed by atoms with Crippen LogP contribution < -0.4 is 0 Å². The lowest BCUT2D eigenvalue weighted by molar-refractivity contribution is -0.384. The number of nitro groups is 1. The van der Waals surface area contributed by atoms with Gasteiger partial charge in [0.05, 0.1) is 11.5 Å². The Labute approximate surface area is 218 Å². The van der Waals surface area contributed by atoms with Crippen molar-refractivity contribution >= 4 is 40.4 Å². The largest absolute Gasteiger partial charge is 0.332 e. The normalized spacial score (nSPS) is 11.7. The van der Waals surface area contributed by atoms with Gasteiger partial charge in [0.1, 0.15) is 17.4 Å². The molecule has 0 aliphatic heterocycles. The van der Waals surface area contributed by atoms with E-state index in [1.807, 2.05) is 32.2 Å². The van der Waals surface area contributed by atoms with Crippen LogP contribution in [-0.2, 0) is 17.9 Å². The molecule has 36 heavy (non-hydrogen) atoms. The summed E-state index contributed by atoms with van der Waals surface area (Å²) in [4.78, 5) is 41.7. The molecule has 0 saturated heterocycles. The Morgan fingerprint density at radius 1 is 1.14 bits per heavy atom. The van der Waals surface area contributed by atoms with Gasteiger partial charge in [-0.2, -0.15) is 0 Å². The average molecular weight is 532 g/mol. The zero-order chi connectivity index (χ0) is 26.4. The molecule has 2 aromatic carbocycles. The maximum atomic E-state index is 13.6. The highest BCUT2D eigenvalue weighted by molar-refractivity contribution is 7.10. The fourth-order valence-electron chi connectivity index (χ4n) is 3.63. The van der Waals surface area contributed by atoms with E-state index in [9.17, 15) is 24.1 Å². The molecule has 1 unspecified atom stereocenters. The van der Waals surface area contributed by atoms with Crippen LogP contribution in [0.1, 0.15) is 46.6 Å². The van der Waals surface area contributed by atoms with Crippen LogP contribution in [0.2, 0.25) is 5.02 Å². The van der Waals surface area contributed by atoms with Gasteiger partial charge in [-0.25, -0.2) is 4.39 Å². The molecule has 0 N–H and O–H groups in total. The molecule has 0 fully saturated rings. The van der Waals surface area contributed by atoms with Crippen molar-refractivity contribution in [2.75, 3.05) is 6.54 Å². The number of carbonyl (C=O) groups is 2. The molecule has 10 heteroatoms. The minimum Gasteiger partial charge on any atom is -0.332 e. The second-order valence-corrected chi connectivity index (χ2v) is 9.92. The Morgan fingerprint density at radius 2 is 1.83 bits per heavy atom. The lowest BCUT2D eigenvalue weighted by atomic mass is 10.1. The van der Waals surface area contributed by atoms with E-state index in [-0.39, 0.29) is 47.1 Å². The summed E-state index contributed by atoms with van der Waals surface area (Å²) >= 11 is 7.44. The number of halogens is 2. The number of carbonyl (C=O) groups excluding carboxylic acids is 2. The first kappa shape index (κ1) is 27.3. The molecule has 1 atom stereocenters. The van der Waals surface area contributed by atoms with Gasteiger partial charge in [0.2, 0.25) is 5.91 Å². The third kappa shape index (κ3) is 6.67. The quantitative estimate of drug-likeness (QED) is 0.229. The Hall–Kier alpha value is -3.30. The molecular weight excluding hydrogens is 505 g/mol. The van der Waals surface area contributed by atoms with Crippen molar-refractivity contribution < 1.29 is 18.9 Å². The van der Waals surface area contributed by atoms with Crippen molar-refractivity contribution in [2.45, 2.75) is 46.3 Å². The summed E-state index contributed by atoms with van der Waals surface area (Å²) in [7, 11) is 0. The summed E-state index contributed by atoms with van der Waals surface area (Å²) in [6.45, 7) is 6.05. The van der Waals surface area contributed by atoms with Crippen molar-refractivity contribution in [2.24, 2.45) is 0 Å². The van der Waals surface area contributed by atoms with Crippen LogP contribution in [0.15, 0.2) is 53.9 Å². The third-order valence-corrected chi connectivity index (χ3v) is 7.35. The molecule has 0 bridgehead atoms. The van der Waals surface area contributed by atoms with Gasteiger partial charge in [-0.05, 0) is 67.1 Å². The van der Waals surface area contributed by atoms with Crippen molar-refractivity contribution in [3.63, 3.8) is 0 Å². The summed E-state index contributed by atoms with van der Waals surface area (Å²) < 4.78 is 13.4. The minimum atomic E-state index is -0.647. The Bertz CT molecular complexity index is 1250. The van der Waals surface area contributed by atoms with Crippen LogP contribution >= 0.6 is 22.9 Å². The van der Waals surface area contributed by atoms with E-state index in [0.717, 1.165) is 22.1 Å². The number of aryl methyl sites for hydroxylation is 1. The lowest BCUT2D eigenvalue weighted by Gasteiger charge is -2.31. The summed E-state index contributed by atoms with van der Waals surface area (Å²) in [6, 6.07) is 11.5. The van der Waals surface area contributed by atoms with Gasteiger partial charge in [-0.3, -0.25) is 19.7 Å². The highest BCUT2D eigenvalue weighted by Crippen LogP contribution is 2.26. The number of hydrogen-bond acceptors (Lipinski definition) is 5. The zero-order valence-corrected chi connectivity index (χ0v) is 21.8. The number of benzene rings is 2. The number of thiophene rings is 1. The first-order valence-corrected chi connectivity index (χ1v) is 12.7. The van der Waals surface area contributed by atoms with Crippen LogP contribution in [0.25, 0.3) is 0 Å². The van der Waals surface area contributed by atoms with E-state index >= 15 is 0 Å². The monoisotopic (exact) mass is 531 g/mol. The second kappa shape index (κ2) is 12.1. The molecule has 3 rings (SSSR count). The molecule has 0 radical (unpaired) electrons. The Balaban J connectivity index is 1.89.